The number of methoxy groups -OCH3 is 1. The fourth-order valence-corrected chi connectivity index (χ4v) is 3.24. The van der Waals surface area contributed by atoms with Crippen LogP contribution in [0.5, 0.6) is 0 Å². The summed E-state index contributed by atoms with van der Waals surface area (Å²) in [7, 11) is -3.04. The molecule has 1 rings (SSSR count). The zero-order valence-corrected chi connectivity index (χ0v) is 13.2. The van der Waals surface area contributed by atoms with Gasteiger partial charge in [0.05, 0.1) is 24.0 Å². The van der Waals surface area contributed by atoms with Crippen molar-refractivity contribution in [1.29, 1.82) is 0 Å². The first kappa shape index (κ1) is 18.6. The van der Waals surface area contributed by atoms with Crippen LogP contribution in [0.2, 0.25) is 0 Å². The summed E-state index contributed by atoms with van der Waals surface area (Å²) in [5, 5.41) is 8.95. The molecule has 0 fully saturated rings. The van der Waals surface area contributed by atoms with E-state index in [2.05, 4.69) is 4.74 Å². The van der Waals surface area contributed by atoms with E-state index in [4.69, 9.17) is 10.8 Å². The first-order valence-electron chi connectivity index (χ1n) is 6.31. The number of hydrogen-bond donors (Lipinski definition) is 3. The molecular weight excluding hydrogens is 328 g/mol. The number of ether oxygens (including phenoxy) is 1. The first-order chi connectivity index (χ1) is 10.6. The largest absolute Gasteiger partial charge is 0.480 e. The van der Waals surface area contributed by atoms with Crippen molar-refractivity contribution in [1.82, 2.24) is 4.72 Å². The van der Waals surface area contributed by atoms with Gasteiger partial charge in [-0.2, -0.15) is 4.72 Å². The third-order valence-electron chi connectivity index (χ3n) is 2.89. The summed E-state index contributed by atoms with van der Waals surface area (Å²) in [6, 6.07) is 1.99. The predicted molar refractivity (Wildman–Crippen MR) is 78.1 cm³/mol. The summed E-state index contributed by atoms with van der Waals surface area (Å²) in [6.07, 6.45) is -0.687. The van der Waals surface area contributed by atoms with Gasteiger partial charge in [0.15, 0.2) is 0 Å². The monoisotopic (exact) mass is 344 g/mol. The van der Waals surface area contributed by atoms with Crippen LogP contribution in [0.1, 0.15) is 22.3 Å². The van der Waals surface area contributed by atoms with E-state index in [1.54, 1.807) is 0 Å². The maximum Gasteiger partial charge on any atom is 0.337 e. The Labute approximate surface area is 132 Å². The molecule has 0 aromatic heterocycles. The minimum Gasteiger partial charge on any atom is -0.480 e. The van der Waals surface area contributed by atoms with E-state index in [9.17, 15) is 22.8 Å². The number of nitrogens with two attached hydrogens (primary N) is 1. The maximum absolute atomic E-state index is 12.3. The Morgan fingerprint density at radius 2 is 1.96 bits per heavy atom. The first-order valence-corrected chi connectivity index (χ1v) is 7.79. The molecule has 0 aliphatic heterocycles. The predicted octanol–water partition coefficient (Wildman–Crippen LogP) is -0.611. The Morgan fingerprint density at radius 1 is 1.35 bits per heavy atom. The van der Waals surface area contributed by atoms with Crippen LogP contribution >= 0.6 is 0 Å². The molecule has 1 aromatic rings. The number of esters is 1. The average Bonchev–Trinajstić information content (AvgIpc) is 2.44. The molecule has 0 bridgehead atoms. The summed E-state index contributed by atoms with van der Waals surface area (Å²) in [5.41, 5.74) is 5.26. The zero-order valence-electron chi connectivity index (χ0n) is 12.4. The lowest BCUT2D eigenvalue weighted by Crippen LogP contribution is -2.43. The molecule has 0 heterocycles. The molecule has 10 heteroatoms. The second-order valence-electron chi connectivity index (χ2n) is 4.65. The molecule has 23 heavy (non-hydrogen) atoms. The van der Waals surface area contributed by atoms with E-state index in [0.29, 0.717) is 0 Å². The van der Waals surface area contributed by atoms with Crippen LogP contribution in [0.3, 0.4) is 0 Å². The van der Waals surface area contributed by atoms with Gasteiger partial charge in [-0.3, -0.25) is 9.59 Å². The molecule has 0 saturated carbocycles. The van der Waals surface area contributed by atoms with Gasteiger partial charge < -0.3 is 15.6 Å². The number of hydrogen-bond acceptors (Lipinski definition) is 6. The number of carboxylic acid groups (broad SMARTS) is 1. The topological polar surface area (TPSA) is 153 Å². The number of sulfonamides is 1. The van der Waals surface area contributed by atoms with Gasteiger partial charge in [0.2, 0.25) is 15.9 Å². The van der Waals surface area contributed by atoms with E-state index in [0.717, 1.165) is 6.07 Å². The minimum atomic E-state index is -4.22. The number of carbonyl (C=O) groups is 3. The Bertz CT molecular complexity index is 743. The Morgan fingerprint density at radius 3 is 2.39 bits per heavy atom. The van der Waals surface area contributed by atoms with Gasteiger partial charge in [-0.15, -0.1) is 0 Å². The van der Waals surface area contributed by atoms with Crippen molar-refractivity contribution in [3.63, 3.8) is 0 Å². The molecule has 4 N–H and O–H groups in total. The van der Waals surface area contributed by atoms with Crippen molar-refractivity contribution in [2.45, 2.75) is 24.3 Å². The van der Waals surface area contributed by atoms with Crippen molar-refractivity contribution in [2.75, 3.05) is 7.11 Å². The standard InChI is InChI=1S/C13H16N2O7S/c1-7-5-8(13(19)22-2)3-4-10(7)23(20,21)15-9(12(17)18)6-11(14)16/h3-5,9,15H,6H2,1-2H3,(H2,14,16)(H,17,18)/t9-/m0/s1. The summed E-state index contributed by atoms with van der Waals surface area (Å²) in [6.45, 7) is 1.44. The van der Waals surface area contributed by atoms with Crippen LogP contribution in [0.25, 0.3) is 0 Å². The van der Waals surface area contributed by atoms with E-state index < -0.39 is 40.3 Å². The number of rotatable bonds is 7. The van der Waals surface area contributed by atoms with Gasteiger partial charge >= 0.3 is 11.9 Å². The number of benzene rings is 1. The number of amides is 1. The third kappa shape index (κ3) is 4.76. The van der Waals surface area contributed by atoms with Crippen LogP contribution < -0.4 is 10.5 Å². The third-order valence-corrected chi connectivity index (χ3v) is 4.52. The second-order valence-corrected chi connectivity index (χ2v) is 6.34. The molecule has 0 saturated heterocycles. The molecule has 1 aromatic carbocycles. The molecule has 0 aliphatic rings. The fraction of sp³-hybridized carbons (Fsp3) is 0.308. The van der Waals surface area contributed by atoms with Crippen molar-refractivity contribution in [3.8, 4) is 0 Å². The number of aryl methyl sites for hydroxylation is 1. The zero-order chi connectivity index (χ0) is 17.8. The highest BCUT2D eigenvalue weighted by Gasteiger charge is 2.28. The van der Waals surface area contributed by atoms with Gasteiger partial charge in [-0.1, -0.05) is 0 Å². The highest BCUT2D eigenvalue weighted by atomic mass is 32.2. The second kappa shape index (κ2) is 7.20. The van der Waals surface area contributed by atoms with Gasteiger partial charge in [0.1, 0.15) is 6.04 Å². The number of aliphatic carboxylic acids is 1. The lowest BCUT2D eigenvalue weighted by Gasteiger charge is -2.15. The van der Waals surface area contributed by atoms with Crippen molar-refractivity contribution in [3.05, 3.63) is 29.3 Å². The smallest absolute Gasteiger partial charge is 0.337 e. The van der Waals surface area contributed by atoms with Crippen molar-refractivity contribution >= 4 is 27.9 Å². The van der Waals surface area contributed by atoms with Gasteiger partial charge in [-0.05, 0) is 30.7 Å². The van der Waals surface area contributed by atoms with E-state index in [1.165, 1.54) is 26.2 Å². The lowest BCUT2D eigenvalue weighted by atomic mass is 10.1. The SMILES string of the molecule is COC(=O)c1ccc(S(=O)(=O)N[C@@H](CC(N)=O)C(=O)O)c(C)c1. The van der Waals surface area contributed by atoms with Crippen molar-refractivity contribution < 1.29 is 32.6 Å². The van der Waals surface area contributed by atoms with Gasteiger partial charge in [-0.25, -0.2) is 13.2 Å². The number of carboxylic acids is 1. The van der Waals surface area contributed by atoms with Gasteiger partial charge in [0.25, 0.3) is 0 Å². The molecule has 0 unspecified atom stereocenters. The quantitative estimate of drug-likeness (QED) is 0.558. The van der Waals surface area contributed by atoms with Gasteiger partial charge in [0, 0.05) is 0 Å². The Hall–Kier alpha value is -2.46. The number of nitrogens with one attached hydrogen (secondary N) is 1. The van der Waals surface area contributed by atoms with Crippen LogP contribution in [0.4, 0.5) is 0 Å². The lowest BCUT2D eigenvalue weighted by molar-refractivity contribution is -0.140. The highest BCUT2D eigenvalue weighted by molar-refractivity contribution is 7.89. The van der Waals surface area contributed by atoms with Crippen LogP contribution in [0.15, 0.2) is 23.1 Å². The molecule has 0 spiro atoms. The summed E-state index contributed by atoms with van der Waals surface area (Å²) >= 11 is 0. The molecule has 0 radical (unpaired) electrons. The molecular formula is C13H16N2O7S. The Balaban J connectivity index is 3.15. The summed E-state index contributed by atoms with van der Waals surface area (Å²) in [5.74, 6) is -3.13. The minimum absolute atomic E-state index is 0.149. The molecule has 9 nitrogen and oxygen atoms in total. The van der Waals surface area contributed by atoms with Crippen LogP contribution in [0, 0.1) is 6.92 Å². The molecule has 1 amide bonds. The maximum atomic E-state index is 12.3. The average molecular weight is 344 g/mol. The van der Waals surface area contributed by atoms with Crippen LogP contribution in [-0.2, 0) is 24.3 Å². The number of carbonyl (C=O) groups excluding carboxylic acids is 2. The molecule has 1 atom stereocenters. The highest BCUT2D eigenvalue weighted by Crippen LogP contribution is 2.18. The normalized spacial score (nSPS) is 12.4. The van der Waals surface area contributed by atoms with Crippen molar-refractivity contribution in [2.24, 2.45) is 5.73 Å². The molecule has 0 aliphatic carbocycles. The fourth-order valence-electron chi connectivity index (χ4n) is 1.83. The van der Waals surface area contributed by atoms with Crippen LogP contribution in [-0.4, -0.2) is 44.5 Å². The Kier molecular flexibility index (Phi) is 5.82. The molecule has 126 valence electrons. The van der Waals surface area contributed by atoms with E-state index in [-0.39, 0.29) is 16.0 Å². The number of primary amides is 1. The summed E-state index contributed by atoms with van der Waals surface area (Å²) in [4.78, 5) is 33.0. The van der Waals surface area contributed by atoms with E-state index in [1.807, 2.05) is 4.72 Å². The summed E-state index contributed by atoms with van der Waals surface area (Å²) < 4.78 is 30.9. The van der Waals surface area contributed by atoms with E-state index >= 15 is 0 Å².